The van der Waals surface area contributed by atoms with Crippen LogP contribution < -0.4 is 0 Å². The van der Waals surface area contributed by atoms with E-state index in [1.54, 1.807) is 7.05 Å². The van der Waals surface area contributed by atoms with Crippen LogP contribution in [0, 0.1) is 0 Å². The number of rotatable bonds is 4. The lowest BCUT2D eigenvalue weighted by atomic mass is 10.3. The largest absolute Gasteiger partial charge is 0.383 e. The van der Waals surface area contributed by atoms with Gasteiger partial charge in [-0.3, -0.25) is 4.99 Å². The van der Waals surface area contributed by atoms with Gasteiger partial charge in [0, 0.05) is 40.1 Å². The highest BCUT2D eigenvalue weighted by molar-refractivity contribution is 5.78. The van der Waals surface area contributed by atoms with Crippen LogP contribution in [0.5, 0.6) is 0 Å². The second-order valence-corrected chi connectivity index (χ2v) is 3.29. The van der Waals surface area contributed by atoms with Crippen LogP contribution >= 0.6 is 0 Å². The third-order valence-electron chi connectivity index (χ3n) is 1.22. The first-order valence-electron chi connectivity index (χ1n) is 4.00. The first-order valence-corrected chi connectivity index (χ1v) is 4.00. The van der Waals surface area contributed by atoms with Crippen LogP contribution in [-0.4, -0.2) is 57.8 Å². The van der Waals surface area contributed by atoms with Crippen LogP contribution in [0.2, 0.25) is 0 Å². The minimum absolute atomic E-state index is 0.926. The van der Waals surface area contributed by atoms with Crippen LogP contribution in [-0.2, 0) is 0 Å². The van der Waals surface area contributed by atoms with Gasteiger partial charge in [0.15, 0.2) is 0 Å². The van der Waals surface area contributed by atoms with Crippen molar-refractivity contribution < 1.29 is 0 Å². The third-order valence-corrected chi connectivity index (χ3v) is 1.22. The lowest BCUT2D eigenvalue weighted by Crippen LogP contribution is -2.17. The molecule has 12 heavy (non-hydrogen) atoms. The maximum atomic E-state index is 4.00. The summed E-state index contributed by atoms with van der Waals surface area (Å²) in [6, 6.07) is 0. The second kappa shape index (κ2) is 5.77. The molecule has 0 aromatic rings. The lowest BCUT2D eigenvalue weighted by molar-refractivity contribution is 0.445. The molecule has 70 valence electrons. The molecule has 0 aliphatic carbocycles. The highest BCUT2D eigenvalue weighted by Gasteiger charge is 1.95. The first kappa shape index (κ1) is 11.2. The Morgan fingerprint density at radius 3 is 2.17 bits per heavy atom. The van der Waals surface area contributed by atoms with Crippen molar-refractivity contribution in [1.29, 1.82) is 0 Å². The average Bonchev–Trinajstić information content (AvgIpc) is 1.84. The molecule has 0 unspecified atom stereocenters. The standard InChI is InChI=1S/C9H19N3/c1-10-6-9(7-11(2)3)8-12(4)5/h6-7H,8H2,1-5H3/b9-7+,10-6?. The molecule has 0 saturated heterocycles. The van der Waals surface area contributed by atoms with Gasteiger partial charge in [-0.1, -0.05) is 0 Å². The molecule has 0 aromatic carbocycles. The summed E-state index contributed by atoms with van der Waals surface area (Å²) in [6.45, 7) is 0.926. The maximum Gasteiger partial charge on any atom is 0.0277 e. The highest BCUT2D eigenvalue weighted by Crippen LogP contribution is 1.94. The smallest absolute Gasteiger partial charge is 0.0277 e. The van der Waals surface area contributed by atoms with E-state index in [2.05, 4.69) is 16.1 Å². The monoisotopic (exact) mass is 169 g/mol. The third kappa shape index (κ3) is 5.92. The Labute approximate surface area is 75.4 Å². The SMILES string of the molecule is CN=C/C(=C\N(C)C)CN(C)C. The average molecular weight is 169 g/mol. The Kier molecular flexibility index (Phi) is 5.37. The molecule has 0 aliphatic heterocycles. The lowest BCUT2D eigenvalue weighted by Gasteiger charge is -2.12. The predicted molar refractivity (Wildman–Crippen MR) is 54.7 cm³/mol. The zero-order valence-electron chi connectivity index (χ0n) is 8.70. The summed E-state index contributed by atoms with van der Waals surface area (Å²) in [7, 11) is 9.91. The summed E-state index contributed by atoms with van der Waals surface area (Å²) >= 11 is 0. The zero-order chi connectivity index (χ0) is 9.56. The van der Waals surface area contributed by atoms with Crippen molar-refractivity contribution in [1.82, 2.24) is 9.80 Å². The summed E-state index contributed by atoms with van der Waals surface area (Å²) in [5.41, 5.74) is 1.22. The van der Waals surface area contributed by atoms with Crippen LogP contribution in [0.4, 0.5) is 0 Å². The molecule has 0 rings (SSSR count). The summed E-state index contributed by atoms with van der Waals surface area (Å²) in [6.07, 6.45) is 3.97. The zero-order valence-corrected chi connectivity index (χ0v) is 8.70. The van der Waals surface area contributed by atoms with E-state index in [4.69, 9.17) is 0 Å². The van der Waals surface area contributed by atoms with Crippen LogP contribution in [0.1, 0.15) is 0 Å². The van der Waals surface area contributed by atoms with E-state index < -0.39 is 0 Å². The second-order valence-electron chi connectivity index (χ2n) is 3.29. The molecule has 0 aromatic heterocycles. The minimum Gasteiger partial charge on any atom is -0.383 e. The van der Waals surface area contributed by atoms with E-state index >= 15 is 0 Å². The van der Waals surface area contributed by atoms with Crippen molar-refractivity contribution in [2.75, 3.05) is 41.8 Å². The van der Waals surface area contributed by atoms with E-state index in [9.17, 15) is 0 Å². The minimum atomic E-state index is 0.926. The molecular formula is C9H19N3. The van der Waals surface area contributed by atoms with Gasteiger partial charge < -0.3 is 9.80 Å². The Morgan fingerprint density at radius 2 is 1.83 bits per heavy atom. The van der Waals surface area contributed by atoms with Crippen molar-refractivity contribution in [3.8, 4) is 0 Å². The Balaban J connectivity index is 4.22. The van der Waals surface area contributed by atoms with Gasteiger partial charge in [-0.25, -0.2) is 0 Å². The van der Waals surface area contributed by atoms with Gasteiger partial charge in [0.1, 0.15) is 0 Å². The van der Waals surface area contributed by atoms with Gasteiger partial charge in [0.2, 0.25) is 0 Å². The molecule has 0 spiro atoms. The van der Waals surface area contributed by atoms with Gasteiger partial charge >= 0.3 is 0 Å². The summed E-state index contributed by atoms with van der Waals surface area (Å²) < 4.78 is 0. The molecule has 3 heteroatoms. The molecule has 0 bridgehead atoms. The molecular weight excluding hydrogens is 150 g/mol. The fourth-order valence-corrected chi connectivity index (χ4v) is 0.978. The van der Waals surface area contributed by atoms with Crippen molar-refractivity contribution in [3.05, 3.63) is 11.8 Å². The summed E-state index contributed by atoms with van der Waals surface area (Å²) in [5, 5.41) is 0. The molecule has 0 N–H and O–H groups in total. The molecule has 0 amide bonds. The van der Waals surface area contributed by atoms with E-state index in [-0.39, 0.29) is 0 Å². The Hall–Kier alpha value is -0.830. The summed E-state index contributed by atoms with van der Waals surface area (Å²) in [5.74, 6) is 0. The first-order chi connectivity index (χ1) is 5.56. The fourth-order valence-electron chi connectivity index (χ4n) is 0.978. The van der Waals surface area contributed by atoms with Gasteiger partial charge in [-0.05, 0) is 19.7 Å². The number of hydrogen-bond acceptors (Lipinski definition) is 3. The van der Waals surface area contributed by atoms with Gasteiger partial charge in [0.05, 0.1) is 0 Å². The van der Waals surface area contributed by atoms with E-state index in [1.807, 2.05) is 39.3 Å². The highest BCUT2D eigenvalue weighted by atomic mass is 15.1. The van der Waals surface area contributed by atoms with Gasteiger partial charge in [-0.2, -0.15) is 0 Å². The molecule has 0 atom stereocenters. The molecule has 0 radical (unpaired) electrons. The van der Waals surface area contributed by atoms with Crippen molar-refractivity contribution in [2.24, 2.45) is 4.99 Å². The molecule has 0 saturated carbocycles. The normalized spacial score (nSPS) is 13.0. The quantitative estimate of drug-likeness (QED) is 0.577. The fraction of sp³-hybridized carbons (Fsp3) is 0.667. The van der Waals surface area contributed by atoms with Crippen molar-refractivity contribution in [2.45, 2.75) is 0 Å². The number of likely N-dealkylation sites (N-methyl/N-ethyl adjacent to an activating group) is 1. The van der Waals surface area contributed by atoms with Gasteiger partial charge in [-0.15, -0.1) is 0 Å². The van der Waals surface area contributed by atoms with E-state index in [0.29, 0.717) is 0 Å². The number of hydrogen-bond donors (Lipinski definition) is 0. The van der Waals surface area contributed by atoms with Crippen LogP contribution in [0.25, 0.3) is 0 Å². The molecule has 0 fully saturated rings. The Bertz CT molecular complexity index is 169. The van der Waals surface area contributed by atoms with E-state index in [0.717, 1.165) is 6.54 Å². The number of aliphatic imine (C=N–C) groups is 1. The van der Waals surface area contributed by atoms with Gasteiger partial charge in [0.25, 0.3) is 0 Å². The Morgan fingerprint density at radius 1 is 1.25 bits per heavy atom. The number of nitrogens with zero attached hydrogens (tertiary/aromatic N) is 3. The van der Waals surface area contributed by atoms with E-state index in [1.165, 1.54) is 5.57 Å². The van der Waals surface area contributed by atoms with Crippen LogP contribution in [0.3, 0.4) is 0 Å². The topological polar surface area (TPSA) is 18.8 Å². The maximum absolute atomic E-state index is 4.00. The van der Waals surface area contributed by atoms with Crippen molar-refractivity contribution in [3.63, 3.8) is 0 Å². The van der Waals surface area contributed by atoms with Crippen LogP contribution in [0.15, 0.2) is 16.8 Å². The predicted octanol–water partition coefficient (Wildman–Crippen LogP) is 0.694. The summed E-state index contributed by atoms with van der Waals surface area (Å²) in [4.78, 5) is 8.15. The molecule has 3 nitrogen and oxygen atoms in total. The molecule has 0 aliphatic rings. The van der Waals surface area contributed by atoms with Crippen molar-refractivity contribution >= 4 is 6.21 Å². The molecule has 0 heterocycles.